The average molecular weight is 317 g/mol. The van der Waals surface area contributed by atoms with Crippen molar-refractivity contribution >= 4 is 23.2 Å². The number of anilines is 1. The Morgan fingerprint density at radius 3 is 2.52 bits per heavy atom. The maximum Gasteiger partial charge on any atom is 0.416 e. The molecule has 0 spiro atoms. The van der Waals surface area contributed by atoms with Gasteiger partial charge in [0.15, 0.2) is 0 Å². The van der Waals surface area contributed by atoms with Crippen molar-refractivity contribution in [3.05, 3.63) is 63.0 Å². The van der Waals surface area contributed by atoms with Gasteiger partial charge in [0.05, 0.1) is 5.56 Å². The topological polar surface area (TPSA) is 62.0 Å². The highest BCUT2D eigenvalue weighted by atomic mass is 35.5. The zero-order valence-corrected chi connectivity index (χ0v) is 11.0. The Morgan fingerprint density at radius 2 is 1.90 bits per heavy atom. The Bertz CT molecular complexity index is 741. The minimum Gasteiger partial charge on any atom is -0.321 e. The molecule has 2 rings (SSSR count). The second-order valence-electron chi connectivity index (χ2n) is 4.11. The maximum absolute atomic E-state index is 12.6. The number of amides is 1. The third kappa shape index (κ3) is 3.85. The van der Waals surface area contributed by atoms with Crippen molar-refractivity contribution in [1.29, 1.82) is 0 Å². The summed E-state index contributed by atoms with van der Waals surface area (Å²) in [5.74, 6) is -0.747. The van der Waals surface area contributed by atoms with E-state index in [9.17, 15) is 22.8 Å². The Balaban J connectivity index is 2.29. The largest absolute Gasteiger partial charge is 0.416 e. The number of rotatable bonds is 2. The SMILES string of the molecule is O=C(Nc1cc(Cl)cc(C(F)(F)F)c1)c1cccc(=O)[nH]1. The van der Waals surface area contributed by atoms with Crippen LogP contribution in [0.1, 0.15) is 16.1 Å². The molecule has 1 heterocycles. The summed E-state index contributed by atoms with van der Waals surface area (Å²) in [7, 11) is 0. The van der Waals surface area contributed by atoms with Crippen molar-refractivity contribution in [2.75, 3.05) is 5.32 Å². The summed E-state index contributed by atoms with van der Waals surface area (Å²) < 4.78 is 37.9. The van der Waals surface area contributed by atoms with Crippen LogP contribution in [0.25, 0.3) is 0 Å². The van der Waals surface area contributed by atoms with Crippen molar-refractivity contribution in [3.63, 3.8) is 0 Å². The van der Waals surface area contributed by atoms with Crippen LogP contribution in [0.15, 0.2) is 41.2 Å². The first-order chi connectivity index (χ1) is 9.75. The Hall–Kier alpha value is -2.28. The molecule has 0 unspecified atom stereocenters. The summed E-state index contributed by atoms with van der Waals surface area (Å²) in [6.45, 7) is 0. The zero-order valence-electron chi connectivity index (χ0n) is 10.3. The maximum atomic E-state index is 12.6. The number of aromatic amines is 1. The van der Waals surface area contributed by atoms with Gasteiger partial charge in [-0.1, -0.05) is 17.7 Å². The predicted molar refractivity (Wildman–Crippen MR) is 71.5 cm³/mol. The Kier molecular flexibility index (Phi) is 4.04. The van der Waals surface area contributed by atoms with Crippen molar-refractivity contribution in [3.8, 4) is 0 Å². The third-order valence-corrected chi connectivity index (χ3v) is 2.71. The van der Waals surface area contributed by atoms with Gasteiger partial charge in [-0.2, -0.15) is 13.2 Å². The second-order valence-corrected chi connectivity index (χ2v) is 4.55. The Morgan fingerprint density at radius 1 is 1.19 bits per heavy atom. The van der Waals surface area contributed by atoms with Gasteiger partial charge < -0.3 is 10.3 Å². The summed E-state index contributed by atoms with van der Waals surface area (Å²) >= 11 is 5.60. The molecule has 1 aromatic heterocycles. The number of benzene rings is 1. The highest BCUT2D eigenvalue weighted by Gasteiger charge is 2.31. The van der Waals surface area contributed by atoms with Gasteiger partial charge >= 0.3 is 6.18 Å². The molecule has 110 valence electrons. The molecule has 0 saturated heterocycles. The molecular formula is C13H8ClF3N2O2. The van der Waals surface area contributed by atoms with E-state index in [1.165, 1.54) is 24.3 Å². The molecule has 21 heavy (non-hydrogen) atoms. The third-order valence-electron chi connectivity index (χ3n) is 2.50. The number of hydrogen-bond donors (Lipinski definition) is 2. The van der Waals surface area contributed by atoms with Crippen LogP contribution < -0.4 is 10.9 Å². The van der Waals surface area contributed by atoms with Crippen molar-refractivity contribution in [2.45, 2.75) is 6.18 Å². The van der Waals surface area contributed by atoms with Gasteiger partial charge in [0.2, 0.25) is 5.56 Å². The van der Waals surface area contributed by atoms with E-state index in [2.05, 4.69) is 10.3 Å². The molecule has 0 bridgehead atoms. The molecule has 4 nitrogen and oxygen atoms in total. The van der Waals surface area contributed by atoms with Crippen LogP contribution >= 0.6 is 11.6 Å². The van der Waals surface area contributed by atoms with Crippen LogP contribution in [0.4, 0.5) is 18.9 Å². The lowest BCUT2D eigenvalue weighted by Gasteiger charge is -2.11. The van der Waals surface area contributed by atoms with E-state index in [-0.39, 0.29) is 16.4 Å². The number of halogens is 4. The second kappa shape index (κ2) is 5.61. The number of nitrogens with one attached hydrogen (secondary N) is 2. The molecule has 2 N–H and O–H groups in total. The number of pyridine rings is 1. The van der Waals surface area contributed by atoms with Crippen LogP contribution in [-0.4, -0.2) is 10.9 Å². The molecule has 0 aliphatic carbocycles. The molecule has 0 saturated carbocycles. The lowest BCUT2D eigenvalue weighted by molar-refractivity contribution is -0.137. The zero-order chi connectivity index (χ0) is 15.6. The van der Waals surface area contributed by atoms with Gasteiger partial charge in [-0.05, 0) is 24.3 Å². The lowest BCUT2D eigenvalue weighted by Crippen LogP contribution is -2.18. The molecule has 0 fully saturated rings. The van der Waals surface area contributed by atoms with Gasteiger partial charge in [0, 0.05) is 16.8 Å². The first-order valence-electron chi connectivity index (χ1n) is 5.64. The van der Waals surface area contributed by atoms with Crippen molar-refractivity contribution in [2.24, 2.45) is 0 Å². The van der Waals surface area contributed by atoms with Crippen molar-refractivity contribution in [1.82, 2.24) is 4.98 Å². The molecule has 0 aliphatic rings. The minimum atomic E-state index is -4.58. The standard InChI is InChI=1S/C13H8ClF3N2O2/c14-8-4-7(13(15,16)17)5-9(6-8)18-12(21)10-2-1-3-11(20)19-10/h1-6H,(H,18,21)(H,19,20). The molecule has 8 heteroatoms. The van der Waals surface area contributed by atoms with E-state index in [0.29, 0.717) is 0 Å². The fourth-order valence-corrected chi connectivity index (χ4v) is 1.84. The summed E-state index contributed by atoms with van der Waals surface area (Å²) in [5, 5.41) is 2.08. The van der Waals surface area contributed by atoms with Crippen LogP contribution in [0.3, 0.4) is 0 Å². The van der Waals surface area contributed by atoms with E-state index < -0.39 is 23.2 Å². The van der Waals surface area contributed by atoms with Gasteiger partial charge in [0.1, 0.15) is 5.69 Å². The smallest absolute Gasteiger partial charge is 0.321 e. The van der Waals surface area contributed by atoms with E-state index in [0.717, 1.165) is 12.1 Å². The molecular weight excluding hydrogens is 309 g/mol. The highest BCUT2D eigenvalue weighted by molar-refractivity contribution is 6.31. The average Bonchev–Trinajstić information content (AvgIpc) is 2.37. The number of carbonyl (C=O) groups is 1. The molecule has 1 aromatic carbocycles. The van der Waals surface area contributed by atoms with Crippen LogP contribution in [0.2, 0.25) is 5.02 Å². The highest BCUT2D eigenvalue weighted by Crippen LogP contribution is 2.33. The summed E-state index contributed by atoms with van der Waals surface area (Å²) in [5.41, 5.74) is -1.67. The molecule has 1 amide bonds. The van der Waals surface area contributed by atoms with Gasteiger partial charge in [0.25, 0.3) is 5.91 Å². The van der Waals surface area contributed by atoms with Crippen molar-refractivity contribution < 1.29 is 18.0 Å². The first-order valence-corrected chi connectivity index (χ1v) is 6.02. The van der Waals surface area contributed by atoms with E-state index in [4.69, 9.17) is 11.6 Å². The fraction of sp³-hybridized carbons (Fsp3) is 0.0769. The van der Waals surface area contributed by atoms with Gasteiger partial charge in [-0.25, -0.2) is 0 Å². The molecule has 0 atom stereocenters. The number of H-pyrrole nitrogens is 1. The van der Waals surface area contributed by atoms with Crippen LogP contribution in [0.5, 0.6) is 0 Å². The minimum absolute atomic E-state index is 0.0731. The lowest BCUT2D eigenvalue weighted by atomic mass is 10.2. The van der Waals surface area contributed by atoms with E-state index in [1.807, 2.05) is 0 Å². The summed E-state index contributed by atoms with van der Waals surface area (Å²) in [6, 6.07) is 6.57. The fourth-order valence-electron chi connectivity index (χ4n) is 1.60. The van der Waals surface area contributed by atoms with Gasteiger partial charge in [-0.3, -0.25) is 9.59 Å². The quantitative estimate of drug-likeness (QED) is 0.893. The summed E-state index contributed by atoms with van der Waals surface area (Å²) in [6.07, 6.45) is -4.58. The van der Waals surface area contributed by atoms with Gasteiger partial charge in [-0.15, -0.1) is 0 Å². The van der Waals surface area contributed by atoms with E-state index in [1.54, 1.807) is 0 Å². The monoisotopic (exact) mass is 316 g/mol. The predicted octanol–water partition coefficient (Wildman–Crippen LogP) is 3.30. The normalized spacial score (nSPS) is 11.2. The van der Waals surface area contributed by atoms with Crippen LogP contribution in [-0.2, 0) is 6.18 Å². The number of carbonyl (C=O) groups excluding carboxylic acids is 1. The molecule has 0 radical (unpaired) electrons. The molecule has 2 aromatic rings. The number of hydrogen-bond acceptors (Lipinski definition) is 2. The summed E-state index contributed by atoms with van der Waals surface area (Å²) in [4.78, 5) is 25.2. The first kappa shape index (κ1) is 15.1. The number of aromatic nitrogens is 1. The Labute approximate surface area is 121 Å². The van der Waals surface area contributed by atoms with Crippen LogP contribution in [0, 0.1) is 0 Å². The molecule has 0 aliphatic heterocycles. The van der Waals surface area contributed by atoms with E-state index >= 15 is 0 Å². The number of alkyl halides is 3.